The third kappa shape index (κ3) is 3.23. The van der Waals surface area contributed by atoms with Crippen LogP contribution in [0.15, 0.2) is 29.2 Å². The second-order valence-electron chi connectivity index (χ2n) is 4.77. The van der Waals surface area contributed by atoms with Crippen LogP contribution in [0.1, 0.15) is 18.9 Å². The first-order chi connectivity index (χ1) is 9.98. The van der Waals surface area contributed by atoms with Gasteiger partial charge in [0.25, 0.3) is 0 Å². The predicted molar refractivity (Wildman–Crippen MR) is 76.8 cm³/mol. The van der Waals surface area contributed by atoms with Crippen molar-refractivity contribution >= 4 is 15.9 Å². The van der Waals surface area contributed by atoms with E-state index < -0.39 is 10.0 Å². The Balaban J connectivity index is 2.11. The maximum atomic E-state index is 12.5. The van der Waals surface area contributed by atoms with Crippen LogP contribution >= 0.6 is 0 Å². The van der Waals surface area contributed by atoms with Gasteiger partial charge in [-0.25, -0.2) is 8.42 Å². The van der Waals surface area contributed by atoms with Crippen molar-refractivity contribution in [3.05, 3.63) is 29.8 Å². The average molecular weight is 307 g/mol. The molecule has 1 aromatic rings. The lowest BCUT2D eigenvalue weighted by Crippen LogP contribution is -2.50. The monoisotopic (exact) mass is 307 g/mol. The van der Waals surface area contributed by atoms with Crippen LogP contribution < -0.4 is 0 Å². The number of sulfonamides is 1. The molecular formula is C14H17N3O3S. The van der Waals surface area contributed by atoms with Crippen molar-refractivity contribution in [1.82, 2.24) is 9.21 Å². The van der Waals surface area contributed by atoms with Crippen molar-refractivity contribution in [3.8, 4) is 6.07 Å². The second-order valence-corrected chi connectivity index (χ2v) is 6.71. The molecule has 1 fully saturated rings. The van der Waals surface area contributed by atoms with Gasteiger partial charge in [-0.15, -0.1) is 0 Å². The number of hydrogen-bond donors (Lipinski definition) is 0. The highest BCUT2D eigenvalue weighted by Crippen LogP contribution is 2.18. The minimum atomic E-state index is -3.56. The molecule has 7 heteroatoms. The number of benzene rings is 1. The van der Waals surface area contributed by atoms with Crippen molar-refractivity contribution in [1.29, 1.82) is 5.26 Å². The van der Waals surface area contributed by atoms with Crippen molar-refractivity contribution in [2.75, 3.05) is 26.2 Å². The van der Waals surface area contributed by atoms with E-state index in [0.717, 1.165) is 0 Å². The molecule has 0 spiro atoms. The van der Waals surface area contributed by atoms with Crippen molar-refractivity contribution in [2.45, 2.75) is 18.2 Å². The quantitative estimate of drug-likeness (QED) is 0.827. The Kier molecular flexibility index (Phi) is 4.60. The van der Waals surface area contributed by atoms with Gasteiger partial charge in [0.15, 0.2) is 0 Å². The van der Waals surface area contributed by atoms with Crippen LogP contribution in [-0.2, 0) is 14.8 Å². The molecule has 2 rings (SSSR count). The van der Waals surface area contributed by atoms with Crippen molar-refractivity contribution in [3.63, 3.8) is 0 Å². The van der Waals surface area contributed by atoms with E-state index in [1.807, 2.05) is 6.07 Å². The topological polar surface area (TPSA) is 81.5 Å². The number of hydrogen-bond acceptors (Lipinski definition) is 4. The number of carbonyl (C=O) groups excluding carboxylic acids is 1. The fourth-order valence-electron chi connectivity index (χ4n) is 2.25. The molecule has 1 saturated heterocycles. The van der Waals surface area contributed by atoms with E-state index in [4.69, 9.17) is 5.26 Å². The Labute approximate surface area is 124 Å². The summed E-state index contributed by atoms with van der Waals surface area (Å²) in [6.07, 6.45) is 0.433. The van der Waals surface area contributed by atoms with E-state index in [9.17, 15) is 13.2 Å². The molecular weight excluding hydrogens is 290 g/mol. The Hall–Kier alpha value is -1.91. The standard InChI is InChI=1S/C14H17N3O3S/c1-2-14(18)16-7-9-17(10-8-16)21(19,20)13-5-3-12(11-15)4-6-13/h3-6H,2,7-10H2,1H3. The van der Waals surface area contributed by atoms with Crippen LogP contribution in [0.2, 0.25) is 0 Å². The number of nitrogens with zero attached hydrogens (tertiary/aromatic N) is 3. The van der Waals surface area contributed by atoms with E-state index in [-0.39, 0.29) is 10.8 Å². The zero-order valence-electron chi connectivity index (χ0n) is 11.8. The van der Waals surface area contributed by atoms with Gasteiger partial charge in [-0.1, -0.05) is 6.92 Å². The summed E-state index contributed by atoms with van der Waals surface area (Å²) in [5.41, 5.74) is 0.423. The Bertz CT molecular complexity index is 654. The maximum Gasteiger partial charge on any atom is 0.243 e. The van der Waals surface area contributed by atoms with Gasteiger partial charge in [0.05, 0.1) is 16.5 Å². The molecule has 6 nitrogen and oxygen atoms in total. The minimum Gasteiger partial charge on any atom is -0.340 e. The summed E-state index contributed by atoms with van der Waals surface area (Å²) in [6, 6.07) is 7.82. The summed E-state index contributed by atoms with van der Waals surface area (Å²) in [5.74, 6) is 0.0467. The molecule has 0 aromatic heterocycles. The highest BCUT2D eigenvalue weighted by molar-refractivity contribution is 7.89. The molecule has 0 radical (unpaired) electrons. The van der Waals surface area contributed by atoms with Crippen LogP contribution in [0, 0.1) is 11.3 Å². The van der Waals surface area contributed by atoms with Gasteiger partial charge in [-0.2, -0.15) is 9.57 Å². The molecule has 0 aliphatic carbocycles. The molecule has 1 amide bonds. The first-order valence-corrected chi connectivity index (χ1v) is 8.21. The van der Waals surface area contributed by atoms with E-state index in [1.165, 1.54) is 28.6 Å². The zero-order chi connectivity index (χ0) is 15.5. The van der Waals surface area contributed by atoms with E-state index in [1.54, 1.807) is 11.8 Å². The third-order valence-electron chi connectivity index (χ3n) is 3.51. The molecule has 1 aromatic carbocycles. The lowest BCUT2D eigenvalue weighted by molar-refractivity contribution is -0.132. The smallest absolute Gasteiger partial charge is 0.243 e. The minimum absolute atomic E-state index is 0.0467. The molecule has 0 N–H and O–H groups in total. The largest absolute Gasteiger partial charge is 0.340 e. The summed E-state index contributed by atoms with van der Waals surface area (Å²) < 4.78 is 26.3. The molecule has 21 heavy (non-hydrogen) atoms. The number of amides is 1. The molecule has 112 valence electrons. The van der Waals surface area contributed by atoms with Gasteiger partial charge in [0, 0.05) is 32.6 Å². The van der Waals surface area contributed by atoms with Gasteiger partial charge in [-0.05, 0) is 24.3 Å². The summed E-state index contributed by atoms with van der Waals surface area (Å²) in [6.45, 7) is 3.23. The predicted octanol–water partition coefficient (Wildman–Crippen LogP) is 0.801. The molecule has 0 atom stereocenters. The van der Waals surface area contributed by atoms with E-state index >= 15 is 0 Å². The molecule has 1 aliphatic rings. The first-order valence-electron chi connectivity index (χ1n) is 6.77. The van der Waals surface area contributed by atoms with Crippen LogP contribution in [-0.4, -0.2) is 49.7 Å². The number of rotatable bonds is 3. The van der Waals surface area contributed by atoms with E-state index in [0.29, 0.717) is 38.2 Å². The second kappa shape index (κ2) is 6.24. The number of piperazine rings is 1. The molecule has 1 aliphatic heterocycles. The Morgan fingerprint density at radius 2 is 1.76 bits per heavy atom. The van der Waals surface area contributed by atoms with Gasteiger partial charge in [0.1, 0.15) is 0 Å². The third-order valence-corrected chi connectivity index (χ3v) is 5.43. The van der Waals surface area contributed by atoms with Gasteiger partial charge in [-0.3, -0.25) is 4.79 Å². The fraction of sp³-hybridized carbons (Fsp3) is 0.429. The highest BCUT2D eigenvalue weighted by atomic mass is 32.2. The zero-order valence-corrected chi connectivity index (χ0v) is 12.6. The van der Waals surface area contributed by atoms with Crippen LogP contribution in [0.5, 0.6) is 0 Å². The number of carbonyl (C=O) groups is 1. The average Bonchev–Trinajstić information content (AvgIpc) is 2.54. The normalized spacial score (nSPS) is 16.5. The lowest BCUT2D eigenvalue weighted by Gasteiger charge is -2.33. The molecule has 0 bridgehead atoms. The molecule has 0 saturated carbocycles. The first kappa shape index (κ1) is 15.5. The number of nitriles is 1. The van der Waals surface area contributed by atoms with Crippen LogP contribution in [0.25, 0.3) is 0 Å². The summed E-state index contributed by atoms with van der Waals surface area (Å²) in [4.78, 5) is 13.5. The molecule has 1 heterocycles. The van der Waals surface area contributed by atoms with Gasteiger partial charge >= 0.3 is 0 Å². The molecule has 0 unspecified atom stereocenters. The summed E-state index contributed by atoms with van der Waals surface area (Å²) >= 11 is 0. The maximum absolute atomic E-state index is 12.5. The summed E-state index contributed by atoms with van der Waals surface area (Å²) in [7, 11) is -3.56. The van der Waals surface area contributed by atoms with E-state index in [2.05, 4.69) is 0 Å². The van der Waals surface area contributed by atoms with Crippen LogP contribution in [0.4, 0.5) is 0 Å². The van der Waals surface area contributed by atoms with Gasteiger partial charge < -0.3 is 4.90 Å². The summed E-state index contributed by atoms with van der Waals surface area (Å²) in [5, 5.41) is 8.74. The van der Waals surface area contributed by atoms with Crippen molar-refractivity contribution < 1.29 is 13.2 Å². The lowest BCUT2D eigenvalue weighted by atomic mass is 10.2. The Morgan fingerprint density at radius 3 is 2.24 bits per heavy atom. The SMILES string of the molecule is CCC(=O)N1CCN(S(=O)(=O)c2ccc(C#N)cc2)CC1. The fourth-order valence-corrected chi connectivity index (χ4v) is 3.67. The van der Waals surface area contributed by atoms with Crippen LogP contribution in [0.3, 0.4) is 0 Å². The Morgan fingerprint density at radius 1 is 1.19 bits per heavy atom. The van der Waals surface area contributed by atoms with Crippen molar-refractivity contribution in [2.24, 2.45) is 0 Å². The highest BCUT2D eigenvalue weighted by Gasteiger charge is 2.29. The van der Waals surface area contributed by atoms with Gasteiger partial charge in [0.2, 0.25) is 15.9 Å².